The first-order valence-corrected chi connectivity index (χ1v) is 6.36. The molecule has 0 fully saturated rings. The topological polar surface area (TPSA) is 81.1 Å². The molecule has 94 valence electrons. The number of primary amides is 1. The Kier molecular flexibility index (Phi) is 3.53. The summed E-state index contributed by atoms with van der Waals surface area (Å²) >= 11 is 1.73. The van der Waals surface area contributed by atoms with Crippen LogP contribution in [0.15, 0.2) is 30.3 Å². The van der Waals surface area contributed by atoms with E-state index in [1.807, 2.05) is 0 Å². The standard InChI is InChI=1S/C13H15N3OS/c1-8-2-4-10(18-8)7-16-12-6-9(13(15)17)3-5-11(12)14/h2-6,16H,7,14H2,1H3,(H2,15,17). The molecule has 0 radical (unpaired) electrons. The number of amides is 1. The van der Waals surface area contributed by atoms with E-state index in [9.17, 15) is 4.79 Å². The van der Waals surface area contributed by atoms with Crippen LogP contribution in [0, 0.1) is 6.92 Å². The highest BCUT2D eigenvalue weighted by Crippen LogP contribution is 2.22. The molecule has 0 bridgehead atoms. The zero-order valence-corrected chi connectivity index (χ0v) is 10.9. The Balaban J connectivity index is 2.13. The van der Waals surface area contributed by atoms with Gasteiger partial charge < -0.3 is 16.8 Å². The van der Waals surface area contributed by atoms with Crippen molar-refractivity contribution >= 4 is 28.6 Å². The van der Waals surface area contributed by atoms with Crippen molar-refractivity contribution in [3.63, 3.8) is 0 Å². The zero-order valence-electron chi connectivity index (χ0n) is 10.1. The van der Waals surface area contributed by atoms with Crippen molar-refractivity contribution in [2.45, 2.75) is 13.5 Å². The first-order valence-electron chi connectivity index (χ1n) is 5.55. The lowest BCUT2D eigenvalue weighted by Crippen LogP contribution is -2.12. The molecule has 1 heterocycles. The number of nitrogens with one attached hydrogen (secondary N) is 1. The molecule has 0 aliphatic carbocycles. The SMILES string of the molecule is Cc1ccc(CNc2cc(C(N)=O)ccc2N)s1. The van der Waals surface area contributed by atoms with Crippen molar-refractivity contribution in [3.05, 3.63) is 45.6 Å². The molecule has 0 saturated carbocycles. The number of aryl methyl sites for hydroxylation is 1. The highest BCUT2D eigenvalue weighted by atomic mass is 32.1. The van der Waals surface area contributed by atoms with E-state index in [4.69, 9.17) is 11.5 Å². The van der Waals surface area contributed by atoms with Crippen LogP contribution < -0.4 is 16.8 Å². The van der Waals surface area contributed by atoms with Crippen molar-refractivity contribution < 1.29 is 4.79 Å². The molecule has 0 saturated heterocycles. The minimum atomic E-state index is -0.454. The predicted molar refractivity (Wildman–Crippen MR) is 75.8 cm³/mol. The van der Waals surface area contributed by atoms with Gasteiger partial charge in [0.25, 0.3) is 0 Å². The van der Waals surface area contributed by atoms with Gasteiger partial charge in [-0.1, -0.05) is 0 Å². The lowest BCUT2D eigenvalue weighted by Gasteiger charge is -2.09. The lowest BCUT2D eigenvalue weighted by molar-refractivity contribution is 0.100. The van der Waals surface area contributed by atoms with Crippen LogP contribution in [-0.2, 0) is 6.54 Å². The van der Waals surface area contributed by atoms with Crippen LogP contribution in [0.3, 0.4) is 0 Å². The smallest absolute Gasteiger partial charge is 0.248 e. The number of hydrogen-bond donors (Lipinski definition) is 3. The summed E-state index contributed by atoms with van der Waals surface area (Å²) in [7, 11) is 0. The minimum Gasteiger partial charge on any atom is -0.397 e. The van der Waals surface area contributed by atoms with Gasteiger partial charge in [0.2, 0.25) is 5.91 Å². The van der Waals surface area contributed by atoms with Crippen LogP contribution in [0.1, 0.15) is 20.1 Å². The molecule has 1 aromatic carbocycles. The van der Waals surface area contributed by atoms with Crippen LogP contribution in [0.2, 0.25) is 0 Å². The molecular formula is C13H15N3OS. The van der Waals surface area contributed by atoms with Gasteiger partial charge in [0, 0.05) is 21.9 Å². The molecule has 2 aromatic rings. The fourth-order valence-corrected chi connectivity index (χ4v) is 2.46. The fourth-order valence-electron chi connectivity index (χ4n) is 1.63. The molecule has 4 nitrogen and oxygen atoms in total. The minimum absolute atomic E-state index is 0.453. The van der Waals surface area contributed by atoms with Gasteiger partial charge in [-0.25, -0.2) is 0 Å². The van der Waals surface area contributed by atoms with E-state index in [1.165, 1.54) is 9.75 Å². The molecule has 0 aliphatic rings. The number of carbonyl (C=O) groups is 1. The number of anilines is 2. The highest BCUT2D eigenvalue weighted by Gasteiger charge is 2.05. The maximum atomic E-state index is 11.1. The first-order chi connectivity index (χ1) is 8.56. The molecule has 18 heavy (non-hydrogen) atoms. The molecular weight excluding hydrogens is 246 g/mol. The zero-order chi connectivity index (χ0) is 13.1. The van der Waals surface area contributed by atoms with Gasteiger partial charge in [0.05, 0.1) is 11.4 Å². The second kappa shape index (κ2) is 5.10. The number of rotatable bonds is 4. The number of nitrogens with two attached hydrogens (primary N) is 2. The van der Waals surface area contributed by atoms with Crippen molar-refractivity contribution in [1.29, 1.82) is 0 Å². The maximum Gasteiger partial charge on any atom is 0.248 e. The van der Waals surface area contributed by atoms with Gasteiger partial charge in [-0.3, -0.25) is 4.79 Å². The van der Waals surface area contributed by atoms with Crippen molar-refractivity contribution in [3.8, 4) is 0 Å². The summed E-state index contributed by atoms with van der Waals surface area (Å²) in [6.45, 7) is 2.75. The van der Waals surface area contributed by atoms with Gasteiger partial charge in [0.15, 0.2) is 0 Å². The monoisotopic (exact) mass is 261 g/mol. The molecule has 5 N–H and O–H groups in total. The summed E-state index contributed by atoms with van der Waals surface area (Å²) < 4.78 is 0. The largest absolute Gasteiger partial charge is 0.397 e. The van der Waals surface area contributed by atoms with E-state index in [1.54, 1.807) is 29.5 Å². The van der Waals surface area contributed by atoms with Crippen molar-refractivity contribution in [1.82, 2.24) is 0 Å². The second-order valence-corrected chi connectivity index (χ2v) is 5.40. The molecule has 2 rings (SSSR count). The summed E-state index contributed by atoms with van der Waals surface area (Å²) in [5.41, 5.74) is 12.9. The van der Waals surface area contributed by atoms with Crippen LogP contribution in [0.5, 0.6) is 0 Å². The first kappa shape index (κ1) is 12.4. The van der Waals surface area contributed by atoms with E-state index in [-0.39, 0.29) is 0 Å². The Morgan fingerprint density at radius 1 is 1.33 bits per heavy atom. The Bertz CT molecular complexity index is 577. The number of thiophene rings is 1. The average molecular weight is 261 g/mol. The van der Waals surface area contributed by atoms with Crippen LogP contribution >= 0.6 is 11.3 Å². The second-order valence-electron chi connectivity index (χ2n) is 4.03. The third-order valence-corrected chi connectivity index (χ3v) is 3.59. The Hall–Kier alpha value is -2.01. The Labute approximate surface area is 110 Å². The predicted octanol–water partition coefficient (Wildman–Crippen LogP) is 2.35. The van der Waals surface area contributed by atoms with Crippen LogP contribution in [-0.4, -0.2) is 5.91 Å². The molecule has 1 amide bonds. The molecule has 0 unspecified atom stereocenters. The highest BCUT2D eigenvalue weighted by molar-refractivity contribution is 7.11. The van der Waals surface area contributed by atoms with Crippen LogP contribution in [0.4, 0.5) is 11.4 Å². The summed E-state index contributed by atoms with van der Waals surface area (Å²) in [5.74, 6) is -0.454. The summed E-state index contributed by atoms with van der Waals surface area (Å²) in [4.78, 5) is 13.6. The van der Waals surface area contributed by atoms with Crippen molar-refractivity contribution in [2.24, 2.45) is 5.73 Å². The van der Waals surface area contributed by atoms with E-state index in [2.05, 4.69) is 24.4 Å². The molecule has 0 spiro atoms. The Morgan fingerprint density at radius 3 is 2.72 bits per heavy atom. The maximum absolute atomic E-state index is 11.1. The molecule has 5 heteroatoms. The molecule has 0 aliphatic heterocycles. The number of nitrogen functional groups attached to an aromatic ring is 1. The van der Waals surface area contributed by atoms with Crippen molar-refractivity contribution in [2.75, 3.05) is 11.1 Å². The van der Waals surface area contributed by atoms with Gasteiger partial charge in [-0.05, 0) is 37.3 Å². The van der Waals surface area contributed by atoms with E-state index in [0.717, 1.165) is 5.69 Å². The lowest BCUT2D eigenvalue weighted by atomic mass is 10.1. The summed E-state index contributed by atoms with van der Waals surface area (Å²) in [6.07, 6.45) is 0. The molecule has 0 atom stereocenters. The van der Waals surface area contributed by atoms with Gasteiger partial charge in [-0.2, -0.15) is 0 Å². The molecule has 1 aromatic heterocycles. The Morgan fingerprint density at radius 2 is 2.11 bits per heavy atom. The van der Waals surface area contributed by atoms with Gasteiger partial charge in [0.1, 0.15) is 0 Å². The summed E-state index contributed by atoms with van der Waals surface area (Å²) in [6, 6.07) is 9.13. The average Bonchev–Trinajstić information content (AvgIpc) is 2.74. The third-order valence-electron chi connectivity index (χ3n) is 2.59. The number of hydrogen-bond acceptors (Lipinski definition) is 4. The van der Waals surface area contributed by atoms with E-state index < -0.39 is 5.91 Å². The van der Waals surface area contributed by atoms with E-state index in [0.29, 0.717) is 17.8 Å². The normalized spacial score (nSPS) is 10.3. The fraction of sp³-hybridized carbons (Fsp3) is 0.154. The third kappa shape index (κ3) is 2.81. The van der Waals surface area contributed by atoms with Crippen LogP contribution in [0.25, 0.3) is 0 Å². The van der Waals surface area contributed by atoms with Gasteiger partial charge in [-0.15, -0.1) is 11.3 Å². The quantitative estimate of drug-likeness (QED) is 0.739. The summed E-state index contributed by atoms with van der Waals surface area (Å²) in [5, 5.41) is 3.22. The number of carbonyl (C=O) groups excluding carboxylic acids is 1. The van der Waals surface area contributed by atoms with E-state index >= 15 is 0 Å². The van der Waals surface area contributed by atoms with Gasteiger partial charge >= 0.3 is 0 Å². The number of benzene rings is 1.